The van der Waals surface area contributed by atoms with Crippen LogP contribution in [-0.4, -0.2) is 52.3 Å². The molecule has 0 radical (unpaired) electrons. The number of hydrogen-bond donors (Lipinski definition) is 1. The summed E-state index contributed by atoms with van der Waals surface area (Å²) in [5.41, 5.74) is 1.83. The first-order chi connectivity index (χ1) is 14.1. The quantitative estimate of drug-likeness (QED) is 0.579. The topological polar surface area (TPSA) is 75.2 Å². The Morgan fingerprint density at radius 2 is 1.66 bits per heavy atom. The van der Waals surface area contributed by atoms with Crippen molar-refractivity contribution in [3.8, 4) is 11.3 Å². The van der Waals surface area contributed by atoms with E-state index in [2.05, 4.69) is 15.5 Å². The van der Waals surface area contributed by atoms with Gasteiger partial charge >= 0.3 is 0 Å². The Kier molecular flexibility index (Phi) is 7.19. The van der Waals surface area contributed by atoms with Gasteiger partial charge in [0.2, 0.25) is 11.8 Å². The highest BCUT2D eigenvalue weighted by Gasteiger charge is 2.17. The second kappa shape index (κ2) is 10.0. The van der Waals surface area contributed by atoms with E-state index in [1.54, 1.807) is 4.90 Å². The molecule has 0 saturated carbocycles. The third-order valence-corrected chi connectivity index (χ3v) is 5.44. The second-order valence-electron chi connectivity index (χ2n) is 6.42. The van der Waals surface area contributed by atoms with Crippen molar-refractivity contribution >= 4 is 34.3 Å². The number of nitrogens with zero attached hydrogens (tertiary/aromatic N) is 3. The van der Waals surface area contributed by atoms with Gasteiger partial charge in [-0.1, -0.05) is 66.4 Å². The fourth-order valence-corrected chi connectivity index (χ4v) is 3.89. The van der Waals surface area contributed by atoms with Crippen molar-refractivity contribution in [3.05, 3.63) is 54.6 Å². The number of benzene rings is 2. The van der Waals surface area contributed by atoms with Crippen molar-refractivity contribution in [3.63, 3.8) is 0 Å². The van der Waals surface area contributed by atoms with Crippen LogP contribution in [-0.2, 0) is 9.59 Å². The van der Waals surface area contributed by atoms with Gasteiger partial charge in [-0.05, 0) is 13.8 Å². The maximum atomic E-state index is 12.6. The van der Waals surface area contributed by atoms with Crippen LogP contribution in [0.5, 0.6) is 0 Å². The Morgan fingerprint density at radius 3 is 2.34 bits per heavy atom. The molecule has 2 amide bonds. The van der Waals surface area contributed by atoms with Crippen LogP contribution < -0.4 is 5.32 Å². The zero-order valence-electron chi connectivity index (χ0n) is 16.6. The molecule has 1 aromatic heterocycles. The van der Waals surface area contributed by atoms with E-state index in [4.69, 9.17) is 0 Å². The van der Waals surface area contributed by atoms with Crippen molar-refractivity contribution in [1.82, 2.24) is 20.4 Å². The Hall–Kier alpha value is -2.93. The minimum atomic E-state index is -0.148. The molecule has 0 aliphatic carbocycles. The standard InChI is InChI=1S/C22H24N4O2S/c1-3-23-19(27)14-26(4-2)20(28)15-29-22-18-13-9-8-12-17(18)21(24-25-22)16-10-6-5-7-11-16/h5-13H,3-4,14-15H2,1-2H3,(H,23,27). The van der Waals surface area contributed by atoms with E-state index >= 15 is 0 Å². The summed E-state index contributed by atoms with van der Waals surface area (Å²) in [6.07, 6.45) is 0. The molecule has 3 rings (SSSR count). The molecule has 0 aliphatic heterocycles. The van der Waals surface area contributed by atoms with E-state index in [0.717, 1.165) is 22.0 Å². The second-order valence-corrected chi connectivity index (χ2v) is 7.38. The lowest BCUT2D eigenvalue weighted by molar-refractivity contribution is -0.133. The lowest BCUT2D eigenvalue weighted by atomic mass is 10.1. The van der Waals surface area contributed by atoms with E-state index in [0.29, 0.717) is 18.1 Å². The number of thioether (sulfide) groups is 1. The number of hydrogen-bond acceptors (Lipinski definition) is 5. The highest BCUT2D eigenvalue weighted by Crippen LogP contribution is 2.31. The molecule has 150 valence electrons. The van der Waals surface area contributed by atoms with E-state index in [1.165, 1.54) is 11.8 Å². The maximum Gasteiger partial charge on any atom is 0.239 e. The average molecular weight is 409 g/mol. The van der Waals surface area contributed by atoms with Crippen molar-refractivity contribution in [1.29, 1.82) is 0 Å². The number of carbonyl (C=O) groups excluding carboxylic acids is 2. The molecule has 0 bridgehead atoms. The summed E-state index contributed by atoms with van der Waals surface area (Å²) < 4.78 is 0. The van der Waals surface area contributed by atoms with Crippen LogP contribution in [0.15, 0.2) is 59.6 Å². The summed E-state index contributed by atoms with van der Waals surface area (Å²) in [6.45, 7) is 4.83. The Bertz CT molecular complexity index is 995. The van der Waals surface area contributed by atoms with Gasteiger partial charge in [-0.2, -0.15) is 0 Å². The maximum absolute atomic E-state index is 12.6. The van der Waals surface area contributed by atoms with Gasteiger partial charge in [-0.15, -0.1) is 10.2 Å². The monoisotopic (exact) mass is 408 g/mol. The van der Waals surface area contributed by atoms with Crippen molar-refractivity contribution in [2.75, 3.05) is 25.4 Å². The zero-order chi connectivity index (χ0) is 20.6. The van der Waals surface area contributed by atoms with Crippen LogP contribution in [0, 0.1) is 0 Å². The highest BCUT2D eigenvalue weighted by atomic mass is 32.2. The Morgan fingerprint density at radius 1 is 0.966 bits per heavy atom. The minimum absolute atomic E-state index is 0.0725. The third kappa shape index (κ3) is 5.12. The molecule has 0 atom stereocenters. The van der Waals surface area contributed by atoms with Gasteiger partial charge < -0.3 is 10.2 Å². The largest absolute Gasteiger partial charge is 0.355 e. The number of likely N-dealkylation sites (N-methyl/N-ethyl adjacent to an activating group) is 2. The van der Waals surface area contributed by atoms with E-state index < -0.39 is 0 Å². The zero-order valence-corrected chi connectivity index (χ0v) is 17.4. The van der Waals surface area contributed by atoms with Gasteiger partial charge in [0.1, 0.15) is 10.7 Å². The van der Waals surface area contributed by atoms with Gasteiger partial charge in [0.25, 0.3) is 0 Å². The van der Waals surface area contributed by atoms with Gasteiger partial charge in [0.05, 0.1) is 12.3 Å². The molecule has 0 aliphatic rings. The fourth-order valence-electron chi connectivity index (χ4n) is 3.02. The summed E-state index contributed by atoms with van der Waals surface area (Å²) in [6, 6.07) is 17.9. The number of fused-ring (bicyclic) bond motifs is 1. The number of rotatable bonds is 8. The molecule has 0 unspecified atom stereocenters. The molecule has 6 nitrogen and oxygen atoms in total. The highest BCUT2D eigenvalue weighted by molar-refractivity contribution is 8.00. The summed E-state index contributed by atoms with van der Waals surface area (Å²) in [5.74, 6) is -0.0386. The first-order valence-electron chi connectivity index (χ1n) is 9.62. The third-order valence-electron chi connectivity index (χ3n) is 4.48. The normalized spacial score (nSPS) is 10.7. The van der Waals surface area contributed by atoms with Gasteiger partial charge in [-0.3, -0.25) is 9.59 Å². The molecular formula is C22H24N4O2S. The van der Waals surface area contributed by atoms with Gasteiger partial charge in [-0.25, -0.2) is 0 Å². The summed E-state index contributed by atoms with van der Waals surface area (Å²) >= 11 is 1.35. The molecule has 1 N–H and O–H groups in total. The van der Waals surface area contributed by atoms with Crippen LogP contribution >= 0.6 is 11.8 Å². The molecule has 1 heterocycles. The smallest absolute Gasteiger partial charge is 0.239 e. The number of amides is 2. The molecule has 7 heteroatoms. The van der Waals surface area contributed by atoms with Crippen molar-refractivity contribution in [2.45, 2.75) is 18.9 Å². The first-order valence-corrected chi connectivity index (χ1v) is 10.6. The lowest BCUT2D eigenvalue weighted by Crippen LogP contribution is -2.41. The van der Waals surface area contributed by atoms with Crippen molar-refractivity contribution < 1.29 is 9.59 Å². The molecule has 2 aromatic carbocycles. The van der Waals surface area contributed by atoms with E-state index in [1.807, 2.05) is 68.4 Å². The molecule has 3 aromatic rings. The van der Waals surface area contributed by atoms with Crippen molar-refractivity contribution in [2.24, 2.45) is 0 Å². The minimum Gasteiger partial charge on any atom is -0.355 e. The predicted octanol–water partition coefficient (Wildman–Crippen LogP) is 3.37. The SMILES string of the molecule is CCNC(=O)CN(CC)C(=O)CSc1nnc(-c2ccccc2)c2ccccc12. The van der Waals surface area contributed by atoms with E-state index in [9.17, 15) is 9.59 Å². The summed E-state index contributed by atoms with van der Waals surface area (Å²) in [7, 11) is 0. The molecule has 0 spiro atoms. The van der Waals surface area contributed by atoms with Crippen LogP contribution in [0.3, 0.4) is 0 Å². The van der Waals surface area contributed by atoms with Crippen LogP contribution in [0.1, 0.15) is 13.8 Å². The molecular weight excluding hydrogens is 384 g/mol. The predicted molar refractivity (Wildman–Crippen MR) is 117 cm³/mol. The van der Waals surface area contributed by atoms with Crippen LogP contribution in [0.4, 0.5) is 0 Å². The van der Waals surface area contributed by atoms with E-state index in [-0.39, 0.29) is 24.1 Å². The number of carbonyl (C=O) groups is 2. The van der Waals surface area contributed by atoms with Crippen LogP contribution in [0.25, 0.3) is 22.0 Å². The molecule has 29 heavy (non-hydrogen) atoms. The summed E-state index contributed by atoms with van der Waals surface area (Å²) in [4.78, 5) is 25.9. The van der Waals surface area contributed by atoms with Gasteiger partial charge in [0.15, 0.2) is 0 Å². The Labute approximate surface area is 174 Å². The number of nitrogens with one attached hydrogen (secondary N) is 1. The first kappa shape index (κ1) is 20.8. The summed E-state index contributed by atoms with van der Waals surface area (Å²) in [5, 5.41) is 14.2. The van der Waals surface area contributed by atoms with Gasteiger partial charge in [0, 0.05) is 29.4 Å². The number of aromatic nitrogens is 2. The Balaban J connectivity index is 1.79. The average Bonchev–Trinajstić information content (AvgIpc) is 2.76. The molecule has 0 saturated heterocycles. The molecule has 0 fully saturated rings. The lowest BCUT2D eigenvalue weighted by Gasteiger charge is -2.20. The fraction of sp³-hybridized carbons (Fsp3) is 0.273. The van der Waals surface area contributed by atoms with Crippen LogP contribution in [0.2, 0.25) is 0 Å².